The molecule has 21 heavy (non-hydrogen) atoms. The number of hydrogen-bond donors (Lipinski definition) is 2. The zero-order chi connectivity index (χ0) is 15.5. The number of carbonyl (C=O) groups is 1. The first-order valence-electron chi connectivity index (χ1n) is 7.39. The van der Waals surface area contributed by atoms with Crippen molar-refractivity contribution in [2.45, 2.75) is 32.7 Å². The van der Waals surface area contributed by atoms with Gasteiger partial charge in [-0.3, -0.25) is 4.79 Å². The van der Waals surface area contributed by atoms with E-state index < -0.39 is 0 Å². The zero-order valence-corrected chi connectivity index (χ0v) is 13.0. The van der Waals surface area contributed by atoms with Gasteiger partial charge in [-0.2, -0.15) is 0 Å². The molecule has 0 spiro atoms. The molecule has 2 rings (SSSR count). The molecule has 0 aliphatic rings. The Balaban J connectivity index is 2.23. The van der Waals surface area contributed by atoms with E-state index in [2.05, 4.69) is 29.6 Å². The molecule has 3 N–H and O–H groups in total. The monoisotopic (exact) mass is 284 g/mol. The van der Waals surface area contributed by atoms with Crippen molar-refractivity contribution >= 4 is 16.7 Å². The van der Waals surface area contributed by atoms with Crippen molar-refractivity contribution in [2.75, 3.05) is 6.54 Å². The van der Waals surface area contributed by atoms with Crippen LogP contribution in [0.5, 0.6) is 0 Å². The molecular weight excluding hydrogens is 260 g/mol. The first-order chi connectivity index (χ1) is 9.90. The Morgan fingerprint density at radius 3 is 2.48 bits per heavy atom. The molecule has 3 nitrogen and oxygen atoms in total. The van der Waals surface area contributed by atoms with Crippen LogP contribution in [-0.4, -0.2) is 18.0 Å². The topological polar surface area (TPSA) is 55.1 Å². The highest BCUT2D eigenvalue weighted by molar-refractivity contribution is 5.87. The summed E-state index contributed by atoms with van der Waals surface area (Å²) >= 11 is 0. The van der Waals surface area contributed by atoms with Crippen molar-refractivity contribution in [1.82, 2.24) is 5.32 Å². The van der Waals surface area contributed by atoms with E-state index in [0.29, 0.717) is 13.0 Å². The molecule has 1 atom stereocenters. The van der Waals surface area contributed by atoms with Crippen molar-refractivity contribution in [3.05, 3.63) is 48.0 Å². The Morgan fingerprint density at radius 2 is 1.81 bits per heavy atom. The molecule has 0 aromatic heterocycles. The quantitative estimate of drug-likeness (QED) is 0.907. The molecule has 0 aliphatic heterocycles. The number of fused-ring (bicyclic) bond motifs is 1. The molecule has 1 unspecified atom stereocenters. The van der Waals surface area contributed by atoms with Crippen molar-refractivity contribution in [3.63, 3.8) is 0 Å². The van der Waals surface area contributed by atoms with E-state index >= 15 is 0 Å². The van der Waals surface area contributed by atoms with Crippen molar-refractivity contribution < 1.29 is 4.79 Å². The van der Waals surface area contributed by atoms with Crippen LogP contribution in [0.25, 0.3) is 10.8 Å². The Labute approximate surface area is 126 Å². The minimum atomic E-state index is -0.233. The number of carbonyl (C=O) groups excluding carboxylic acids is 1. The van der Waals surface area contributed by atoms with Crippen molar-refractivity contribution in [1.29, 1.82) is 0 Å². The van der Waals surface area contributed by atoms with Gasteiger partial charge in [0.2, 0.25) is 5.91 Å². The zero-order valence-electron chi connectivity index (χ0n) is 13.0. The Hall–Kier alpha value is -1.87. The first-order valence-corrected chi connectivity index (χ1v) is 7.39. The predicted molar refractivity (Wildman–Crippen MR) is 88.1 cm³/mol. The third kappa shape index (κ3) is 4.05. The summed E-state index contributed by atoms with van der Waals surface area (Å²) in [6.45, 7) is 6.30. The maximum absolute atomic E-state index is 12.3. The normalized spacial score (nSPS) is 13.1. The lowest BCUT2D eigenvalue weighted by Crippen LogP contribution is -2.46. The first kappa shape index (κ1) is 15.5. The summed E-state index contributed by atoms with van der Waals surface area (Å²) < 4.78 is 0. The van der Waals surface area contributed by atoms with E-state index in [1.807, 2.05) is 39.0 Å². The molecule has 0 fully saturated rings. The van der Waals surface area contributed by atoms with E-state index in [1.165, 1.54) is 16.3 Å². The Kier molecular flexibility index (Phi) is 4.63. The molecule has 0 heterocycles. The molecule has 0 aliphatic carbocycles. The Bertz CT molecular complexity index is 623. The van der Waals surface area contributed by atoms with Gasteiger partial charge in [-0.15, -0.1) is 0 Å². The standard InChI is InChI=1S/C18H24N2O/c1-18(2,3)20-17(21)15(12-19)11-14-9-6-8-13-7-4-5-10-16(13)14/h4-10,15H,11-12,19H2,1-3H3,(H,20,21). The molecule has 2 aromatic carbocycles. The fourth-order valence-corrected chi connectivity index (χ4v) is 2.49. The molecular formula is C18H24N2O. The van der Waals surface area contributed by atoms with E-state index in [4.69, 9.17) is 5.73 Å². The van der Waals surface area contributed by atoms with Gasteiger partial charge in [-0.25, -0.2) is 0 Å². The predicted octanol–water partition coefficient (Wildman–Crippen LogP) is 2.87. The maximum atomic E-state index is 12.3. The minimum Gasteiger partial charge on any atom is -0.351 e. The second kappa shape index (κ2) is 6.27. The smallest absolute Gasteiger partial charge is 0.225 e. The molecule has 1 amide bonds. The van der Waals surface area contributed by atoms with Gasteiger partial charge in [0.1, 0.15) is 0 Å². The van der Waals surface area contributed by atoms with Gasteiger partial charge in [0, 0.05) is 12.1 Å². The van der Waals surface area contributed by atoms with Crippen LogP contribution in [0.15, 0.2) is 42.5 Å². The van der Waals surface area contributed by atoms with Gasteiger partial charge in [0.25, 0.3) is 0 Å². The third-order valence-corrected chi connectivity index (χ3v) is 3.50. The Morgan fingerprint density at radius 1 is 1.14 bits per heavy atom. The number of rotatable bonds is 4. The largest absolute Gasteiger partial charge is 0.351 e. The molecule has 3 heteroatoms. The minimum absolute atomic E-state index is 0.0259. The van der Waals surface area contributed by atoms with Gasteiger partial charge in [-0.1, -0.05) is 42.5 Å². The van der Waals surface area contributed by atoms with E-state index in [9.17, 15) is 4.79 Å². The average molecular weight is 284 g/mol. The highest BCUT2D eigenvalue weighted by Gasteiger charge is 2.22. The molecule has 112 valence electrons. The lowest BCUT2D eigenvalue weighted by molar-refractivity contribution is -0.126. The molecule has 2 aromatic rings. The summed E-state index contributed by atoms with van der Waals surface area (Å²) in [5, 5.41) is 5.41. The average Bonchev–Trinajstić information content (AvgIpc) is 2.42. The van der Waals surface area contributed by atoms with Gasteiger partial charge in [0.15, 0.2) is 0 Å². The summed E-state index contributed by atoms with van der Waals surface area (Å²) in [6, 6.07) is 14.4. The number of benzene rings is 2. The lowest BCUT2D eigenvalue weighted by atomic mass is 9.93. The second-order valence-electron chi connectivity index (χ2n) is 6.51. The van der Waals surface area contributed by atoms with Crippen LogP contribution >= 0.6 is 0 Å². The number of hydrogen-bond acceptors (Lipinski definition) is 2. The van der Waals surface area contributed by atoms with Gasteiger partial charge in [0.05, 0.1) is 5.92 Å². The highest BCUT2D eigenvalue weighted by atomic mass is 16.2. The van der Waals surface area contributed by atoms with Crippen molar-refractivity contribution in [3.8, 4) is 0 Å². The summed E-state index contributed by atoms with van der Waals surface area (Å²) in [5.41, 5.74) is 6.76. The lowest BCUT2D eigenvalue weighted by Gasteiger charge is -2.24. The van der Waals surface area contributed by atoms with Gasteiger partial charge < -0.3 is 11.1 Å². The second-order valence-corrected chi connectivity index (χ2v) is 6.51. The maximum Gasteiger partial charge on any atom is 0.225 e. The molecule has 0 radical (unpaired) electrons. The third-order valence-electron chi connectivity index (χ3n) is 3.50. The number of amides is 1. The van der Waals surface area contributed by atoms with Crippen LogP contribution < -0.4 is 11.1 Å². The summed E-state index contributed by atoms with van der Waals surface area (Å²) in [6.07, 6.45) is 0.666. The van der Waals surface area contributed by atoms with E-state index in [-0.39, 0.29) is 17.4 Å². The molecule has 0 saturated heterocycles. The fraction of sp³-hybridized carbons (Fsp3) is 0.389. The van der Waals surface area contributed by atoms with E-state index in [0.717, 1.165) is 0 Å². The van der Waals surface area contributed by atoms with Crippen molar-refractivity contribution in [2.24, 2.45) is 11.7 Å². The number of nitrogens with one attached hydrogen (secondary N) is 1. The summed E-state index contributed by atoms with van der Waals surface area (Å²) in [7, 11) is 0. The SMILES string of the molecule is CC(C)(C)NC(=O)C(CN)Cc1cccc2ccccc12. The number of nitrogens with two attached hydrogens (primary N) is 1. The fourth-order valence-electron chi connectivity index (χ4n) is 2.49. The molecule has 0 saturated carbocycles. The van der Waals surface area contributed by atoms with Crippen LogP contribution in [0.2, 0.25) is 0 Å². The van der Waals surface area contributed by atoms with Crippen LogP contribution in [0.1, 0.15) is 26.3 Å². The van der Waals surface area contributed by atoms with E-state index in [1.54, 1.807) is 0 Å². The van der Waals surface area contributed by atoms with Crippen LogP contribution in [0, 0.1) is 5.92 Å². The summed E-state index contributed by atoms with van der Waals surface area (Å²) in [4.78, 5) is 12.3. The van der Waals surface area contributed by atoms with Gasteiger partial charge in [-0.05, 0) is 43.5 Å². The highest BCUT2D eigenvalue weighted by Crippen LogP contribution is 2.21. The van der Waals surface area contributed by atoms with Crippen LogP contribution in [0.3, 0.4) is 0 Å². The van der Waals surface area contributed by atoms with Gasteiger partial charge >= 0.3 is 0 Å². The summed E-state index contributed by atoms with van der Waals surface area (Å²) in [5.74, 6) is -0.173. The van der Waals surface area contributed by atoms with Crippen LogP contribution in [-0.2, 0) is 11.2 Å². The van der Waals surface area contributed by atoms with Crippen LogP contribution in [0.4, 0.5) is 0 Å². The molecule has 0 bridgehead atoms.